The molecule has 2 heterocycles. The zero-order valence-electron chi connectivity index (χ0n) is 11.8. The van der Waals surface area contributed by atoms with Crippen molar-refractivity contribution >= 4 is 21.4 Å². The Bertz CT molecular complexity index is 547. The Morgan fingerprint density at radius 1 is 1.50 bits per heavy atom. The average Bonchev–Trinajstić information content (AvgIpc) is 2.81. The lowest BCUT2D eigenvalue weighted by Crippen LogP contribution is -2.40. The Balaban J connectivity index is 2.16. The molecular weight excluding hydrogens is 298 g/mol. The van der Waals surface area contributed by atoms with Gasteiger partial charge >= 0.3 is 0 Å². The van der Waals surface area contributed by atoms with E-state index >= 15 is 0 Å². The van der Waals surface area contributed by atoms with E-state index in [1.165, 1.54) is 11.3 Å². The molecule has 1 aliphatic rings. The van der Waals surface area contributed by atoms with E-state index in [1.54, 1.807) is 12.3 Å². The van der Waals surface area contributed by atoms with E-state index in [0.29, 0.717) is 29.6 Å². The third-order valence-corrected chi connectivity index (χ3v) is 6.72. The minimum absolute atomic E-state index is 0.130. The zero-order chi connectivity index (χ0) is 14.8. The van der Waals surface area contributed by atoms with Gasteiger partial charge in [0.25, 0.3) is 0 Å². The summed E-state index contributed by atoms with van der Waals surface area (Å²) >= 11 is 1.28. The standard InChI is InChI=1S/C13H21NO4S2/c1-9-8-19-12(7-15)13(9)20(16,17)14-10(2)11-3-5-18-6-4-11/h8,10-11,14-15H,3-7H2,1-2H3. The number of ether oxygens (including phenoxy) is 1. The molecule has 114 valence electrons. The molecule has 2 rings (SSSR count). The number of aryl methyl sites for hydroxylation is 1. The highest BCUT2D eigenvalue weighted by molar-refractivity contribution is 7.89. The fourth-order valence-corrected chi connectivity index (χ4v) is 5.55. The molecule has 0 radical (unpaired) electrons. The van der Waals surface area contributed by atoms with Gasteiger partial charge in [-0.3, -0.25) is 0 Å². The van der Waals surface area contributed by atoms with Crippen LogP contribution in [0, 0.1) is 12.8 Å². The summed E-state index contributed by atoms with van der Waals surface area (Å²) in [4.78, 5) is 0.734. The van der Waals surface area contributed by atoms with Gasteiger partial charge in [0.1, 0.15) is 4.90 Å². The number of thiophene rings is 1. The molecule has 0 spiro atoms. The molecule has 1 aromatic heterocycles. The molecule has 1 unspecified atom stereocenters. The van der Waals surface area contributed by atoms with Crippen LogP contribution in [0.1, 0.15) is 30.2 Å². The van der Waals surface area contributed by atoms with Gasteiger partial charge in [-0.1, -0.05) is 0 Å². The smallest absolute Gasteiger partial charge is 0.242 e. The number of aliphatic hydroxyl groups excluding tert-OH is 1. The molecule has 0 aromatic carbocycles. The summed E-state index contributed by atoms with van der Waals surface area (Å²) in [6, 6.07) is -0.130. The van der Waals surface area contributed by atoms with Gasteiger partial charge in [-0.05, 0) is 43.6 Å². The Morgan fingerprint density at radius 3 is 2.75 bits per heavy atom. The molecule has 0 saturated carbocycles. The van der Waals surface area contributed by atoms with Gasteiger partial charge in [0, 0.05) is 19.3 Å². The fourth-order valence-electron chi connectivity index (χ4n) is 2.57. The number of hydrogen-bond donors (Lipinski definition) is 2. The maximum Gasteiger partial charge on any atom is 0.242 e. The predicted octanol–water partition coefficient (Wildman–Crippen LogP) is 1.64. The zero-order valence-corrected chi connectivity index (χ0v) is 13.4. The van der Waals surface area contributed by atoms with Crippen molar-refractivity contribution in [3.63, 3.8) is 0 Å². The van der Waals surface area contributed by atoms with Crippen LogP contribution in [-0.2, 0) is 21.4 Å². The molecule has 5 nitrogen and oxygen atoms in total. The monoisotopic (exact) mass is 319 g/mol. The highest BCUT2D eigenvalue weighted by Crippen LogP contribution is 2.28. The lowest BCUT2D eigenvalue weighted by Gasteiger charge is -2.28. The van der Waals surface area contributed by atoms with Crippen LogP contribution in [-0.4, -0.2) is 32.8 Å². The topological polar surface area (TPSA) is 75.6 Å². The summed E-state index contributed by atoms with van der Waals surface area (Å²) in [7, 11) is -3.58. The van der Waals surface area contributed by atoms with Crippen molar-refractivity contribution in [2.45, 2.75) is 44.2 Å². The van der Waals surface area contributed by atoms with Crippen molar-refractivity contribution in [3.8, 4) is 0 Å². The Kier molecular flexibility index (Phi) is 5.19. The van der Waals surface area contributed by atoms with Crippen LogP contribution >= 0.6 is 11.3 Å². The lowest BCUT2D eigenvalue weighted by molar-refractivity contribution is 0.0585. The number of nitrogens with one attached hydrogen (secondary N) is 1. The van der Waals surface area contributed by atoms with Gasteiger partial charge in [-0.2, -0.15) is 0 Å². The summed E-state index contributed by atoms with van der Waals surface area (Å²) < 4.78 is 33.1. The van der Waals surface area contributed by atoms with Gasteiger partial charge in [0.15, 0.2) is 0 Å². The average molecular weight is 319 g/mol. The number of rotatable bonds is 5. The Morgan fingerprint density at radius 2 is 2.15 bits per heavy atom. The fraction of sp³-hybridized carbons (Fsp3) is 0.692. The molecule has 2 N–H and O–H groups in total. The minimum Gasteiger partial charge on any atom is -0.391 e. The van der Waals surface area contributed by atoms with E-state index in [9.17, 15) is 13.5 Å². The lowest BCUT2D eigenvalue weighted by atomic mass is 9.94. The third-order valence-electron chi connectivity index (χ3n) is 3.72. The highest BCUT2D eigenvalue weighted by Gasteiger charge is 2.28. The summed E-state index contributed by atoms with van der Waals surface area (Å²) in [6.45, 7) is 4.78. The van der Waals surface area contributed by atoms with E-state index in [-0.39, 0.29) is 17.5 Å². The predicted molar refractivity (Wildman–Crippen MR) is 78.3 cm³/mol. The van der Waals surface area contributed by atoms with Crippen LogP contribution < -0.4 is 4.72 Å². The maximum absolute atomic E-state index is 12.5. The molecule has 0 bridgehead atoms. The highest BCUT2D eigenvalue weighted by atomic mass is 32.2. The molecule has 20 heavy (non-hydrogen) atoms. The van der Waals surface area contributed by atoms with Gasteiger partial charge in [0.2, 0.25) is 10.0 Å². The second kappa shape index (κ2) is 6.53. The first-order valence-electron chi connectivity index (χ1n) is 6.73. The van der Waals surface area contributed by atoms with Crippen molar-refractivity contribution < 1.29 is 18.3 Å². The van der Waals surface area contributed by atoms with Crippen molar-refractivity contribution in [2.24, 2.45) is 5.92 Å². The third kappa shape index (κ3) is 3.40. The van der Waals surface area contributed by atoms with Gasteiger partial charge < -0.3 is 9.84 Å². The minimum atomic E-state index is -3.58. The first kappa shape index (κ1) is 15.9. The van der Waals surface area contributed by atoms with E-state index in [0.717, 1.165) is 12.8 Å². The SMILES string of the molecule is Cc1csc(CO)c1S(=O)(=O)NC(C)C1CCOCC1. The van der Waals surface area contributed by atoms with Crippen LogP contribution in [0.3, 0.4) is 0 Å². The van der Waals surface area contributed by atoms with E-state index in [1.807, 2.05) is 6.92 Å². The maximum atomic E-state index is 12.5. The molecule has 0 aliphatic carbocycles. The molecule has 1 fully saturated rings. The van der Waals surface area contributed by atoms with Crippen LogP contribution in [0.5, 0.6) is 0 Å². The Labute approximate surface area is 124 Å². The van der Waals surface area contributed by atoms with E-state index in [4.69, 9.17) is 4.74 Å². The second-order valence-electron chi connectivity index (χ2n) is 5.19. The largest absolute Gasteiger partial charge is 0.391 e. The van der Waals surface area contributed by atoms with E-state index in [2.05, 4.69) is 4.72 Å². The number of sulfonamides is 1. The van der Waals surface area contributed by atoms with Crippen LogP contribution in [0.4, 0.5) is 0 Å². The molecular formula is C13H21NO4S2. The first-order chi connectivity index (χ1) is 9.45. The van der Waals surface area contributed by atoms with Crippen molar-refractivity contribution in [1.82, 2.24) is 4.72 Å². The van der Waals surface area contributed by atoms with Gasteiger partial charge in [0.05, 0.1) is 11.5 Å². The van der Waals surface area contributed by atoms with Crippen molar-refractivity contribution in [1.29, 1.82) is 0 Å². The molecule has 7 heteroatoms. The van der Waals surface area contributed by atoms with Crippen LogP contribution in [0.15, 0.2) is 10.3 Å². The number of aliphatic hydroxyl groups is 1. The summed E-state index contributed by atoms with van der Waals surface area (Å²) in [5.74, 6) is 0.301. The van der Waals surface area contributed by atoms with Crippen molar-refractivity contribution in [2.75, 3.05) is 13.2 Å². The normalized spacial score (nSPS) is 19.1. The van der Waals surface area contributed by atoms with Crippen LogP contribution in [0.25, 0.3) is 0 Å². The second-order valence-corrected chi connectivity index (χ2v) is 7.80. The van der Waals surface area contributed by atoms with Crippen LogP contribution in [0.2, 0.25) is 0 Å². The molecule has 1 saturated heterocycles. The quantitative estimate of drug-likeness (QED) is 0.865. The van der Waals surface area contributed by atoms with E-state index < -0.39 is 10.0 Å². The van der Waals surface area contributed by atoms with Gasteiger partial charge in [-0.15, -0.1) is 11.3 Å². The molecule has 1 aromatic rings. The summed E-state index contributed by atoms with van der Waals surface area (Å²) in [6.07, 6.45) is 1.75. The van der Waals surface area contributed by atoms with Gasteiger partial charge in [-0.25, -0.2) is 13.1 Å². The number of hydrogen-bond acceptors (Lipinski definition) is 5. The molecule has 1 aliphatic heterocycles. The molecule has 0 amide bonds. The first-order valence-corrected chi connectivity index (χ1v) is 9.10. The Hall–Kier alpha value is -0.470. The van der Waals surface area contributed by atoms with Crippen molar-refractivity contribution in [3.05, 3.63) is 15.8 Å². The molecule has 1 atom stereocenters. The summed E-state index contributed by atoms with van der Waals surface area (Å²) in [5.41, 5.74) is 0.686. The summed E-state index contributed by atoms with van der Waals surface area (Å²) in [5, 5.41) is 11.0.